The minimum Gasteiger partial charge on any atom is -0.493 e. The Morgan fingerprint density at radius 2 is 1.72 bits per heavy atom. The molecule has 0 aliphatic carbocycles. The molecule has 0 aliphatic heterocycles. The first-order valence-electron chi connectivity index (χ1n) is 11.3. The van der Waals surface area contributed by atoms with E-state index >= 15 is 0 Å². The number of aromatic nitrogens is 3. The third kappa shape index (κ3) is 5.36. The van der Waals surface area contributed by atoms with Gasteiger partial charge in [0.15, 0.2) is 0 Å². The molecule has 0 saturated carbocycles. The number of thiophene rings is 1. The molecule has 2 heterocycles. The van der Waals surface area contributed by atoms with Crippen molar-refractivity contribution in [2.75, 3.05) is 13.2 Å². The first-order valence-corrected chi connectivity index (χ1v) is 12.2. The Labute approximate surface area is 210 Å². The van der Waals surface area contributed by atoms with E-state index < -0.39 is 11.8 Å². The van der Waals surface area contributed by atoms with Crippen LogP contribution in [-0.2, 0) is 11.2 Å². The number of hydrogen-bond acceptors (Lipinski definition) is 6. The maximum atomic E-state index is 14.0. The topological polar surface area (TPSA) is 86.5 Å². The van der Waals surface area contributed by atoms with Gasteiger partial charge in [-0.1, -0.05) is 24.3 Å². The summed E-state index contributed by atoms with van der Waals surface area (Å²) in [6.45, 7) is 0.677. The van der Waals surface area contributed by atoms with Crippen LogP contribution in [0.15, 0.2) is 78.2 Å². The van der Waals surface area contributed by atoms with E-state index in [0.717, 1.165) is 27.2 Å². The van der Waals surface area contributed by atoms with E-state index in [4.69, 9.17) is 14.6 Å². The molecule has 7 nitrogen and oxygen atoms in total. The third-order valence-electron chi connectivity index (χ3n) is 5.45. The van der Waals surface area contributed by atoms with E-state index in [-0.39, 0.29) is 12.0 Å². The van der Waals surface area contributed by atoms with Crippen molar-refractivity contribution in [2.24, 2.45) is 0 Å². The van der Waals surface area contributed by atoms with Crippen LogP contribution in [0, 0.1) is 5.82 Å². The summed E-state index contributed by atoms with van der Waals surface area (Å²) in [5, 5.41) is 20.1. The number of hydrogen-bond donors (Lipinski definition) is 1. The molecule has 0 unspecified atom stereocenters. The second-order valence-electron chi connectivity index (χ2n) is 8.01. The molecule has 0 radical (unpaired) electrons. The highest BCUT2D eigenvalue weighted by molar-refractivity contribution is 7.13. The average molecular weight is 504 g/mol. The third-order valence-corrected chi connectivity index (χ3v) is 6.37. The maximum absolute atomic E-state index is 14.0. The van der Waals surface area contributed by atoms with Crippen molar-refractivity contribution in [2.45, 2.75) is 12.8 Å². The van der Waals surface area contributed by atoms with Crippen molar-refractivity contribution in [3.05, 3.63) is 89.6 Å². The summed E-state index contributed by atoms with van der Waals surface area (Å²) in [6.07, 6.45) is 0.188. The number of fused-ring (bicyclic) bond motifs is 1. The van der Waals surface area contributed by atoms with Crippen molar-refractivity contribution in [1.82, 2.24) is 15.0 Å². The predicted octanol–water partition coefficient (Wildman–Crippen LogP) is 5.76. The van der Waals surface area contributed by atoms with Gasteiger partial charge in [0.05, 0.1) is 19.6 Å². The van der Waals surface area contributed by atoms with Crippen LogP contribution in [0.2, 0.25) is 0 Å². The quantitative estimate of drug-likeness (QED) is 0.244. The molecule has 0 bridgehead atoms. The highest BCUT2D eigenvalue weighted by Gasteiger charge is 2.13. The summed E-state index contributed by atoms with van der Waals surface area (Å²) in [7, 11) is 0. The molecule has 2 aromatic heterocycles. The lowest BCUT2D eigenvalue weighted by Crippen LogP contribution is -2.08. The Kier molecular flexibility index (Phi) is 6.90. The molecule has 0 atom stereocenters. The molecule has 3 aromatic carbocycles. The summed E-state index contributed by atoms with van der Waals surface area (Å²) in [5.74, 6) is -0.698. The number of carboxylic acid groups (broad SMARTS) is 1. The van der Waals surface area contributed by atoms with E-state index in [2.05, 4.69) is 16.3 Å². The number of rotatable bonds is 10. The highest BCUT2D eigenvalue weighted by atomic mass is 32.1. The van der Waals surface area contributed by atoms with Crippen molar-refractivity contribution in [3.63, 3.8) is 0 Å². The van der Waals surface area contributed by atoms with Gasteiger partial charge >= 0.3 is 5.97 Å². The van der Waals surface area contributed by atoms with Gasteiger partial charge in [-0.25, -0.2) is 4.39 Å². The zero-order chi connectivity index (χ0) is 24.9. The molecule has 5 rings (SSSR count). The Morgan fingerprint density at radius 1 is 0.944 bits per heavy atom. The zero-order valence-electron chi connectivity index (χ0n) is 19.1. The van der Waals surface area contributed by atoms with Crippen LogP contribution in [0.5, 0.6) is 11.5 Å². The smallest absolute Gasteiger partial charge is 0.307 e. The van der Waals surface area contributed by atoms with E-state index in [1.54, 1.807) is 22.2 Å². The van der Waals surface area contributed by atoms with E-state index in [1.807, 2.05) is 53.9 Å². The van der Waals surface area contributed by atoms with Crippen LogP contribution in [-0.4, -0.2) is 39.3 Å². The molecular formula is C27H22FN3O4S. The van der Waals surface area contributed by atoms with Gasteiger partial charge in [-0.05, 0) is 59.0 Å². The molecule has 5 aromatic rings. The number of benzene rings is 3. The number of halogens is 1. The number of carboxylic acids is 1. The van der Waals surface area contributed by atoms with Gasteiger partial charge < -0.3 is 14.6 Å². The fourth-order valence-electron chi connectivity index (χ4n) is 3.71. The van der Waals surface area contributed by atoms with E-state index in [9.17, 15) is 9.18 Å². The molecule has 0 saturated heterocycles. The summed E-state index contributed by atoms with van der Waals surface area (Å²) >= 11 is 1.65. The van der Waals surface area contributed by atoms with Crippen LogP contribution in [0.1, 0.15) is 12.0 Å². The molecule has 0 spiro atoms. The minimum absolute atomic E-state index is 0.122. The Hall–Kier alpha value is -4.24. The monoisotopic (exact) mass is 503 g/mol. The van der Waals surface area contributed by atoms with Crippen LogP contribution < -0.4 is 9.47 Å². The fraction of sp³-hybridized carbons (Fsp3) is 0.148. The summed E-state index contributed by atoms with van der Waals surface area (Å²) in [4.78, 5) is 13.5. The molecule has 1 N–H and O–H groups in total. The van der Waals surface area contributed by atoms with Gasteiger partial charge in [-0.15, -0.1) is 26.3 Å². The first-order chi connectivity index (χ1) is 17.6. The van der Waals surface area contributed by atoms with Gasteiger partial charge in [0.2, 0.25) is 0 Å². The number of aliphatic carboxylic acids is 1. The number of ether oxygens (including phenoxy) is 2. The first kappa shape index (κ1) is 23.5. The second kappa shape index (κ2) is 10.6. The number of nitrogens with zero attached hydrogens (tertiary/aromatic N) is 3. The van der Waals surface area contributed by atoms with Gasteiger partial charge in [0.25, 0.3) is 0 Å². The zero-order valence-corrected chi connectivity index (χ0v) is 20.0. The molecule has 36 heavy (non-hydrogen) atoms. The summed E-state index contributed by atoms with van der Waals surface area (Å²) in [5.41, 5.74) is 3.48. The van der Waals surface area contributed by atoms with E-state index in [0.29, 0.717) is 31.1 Å². The summed E-state index contributed by atoms with van der Waals surface area (Å²) in [6, 6.07) is 21.9. The molecule has 0 amide bonds. The molecule has 0 fully saturated rings. The standard InChI is InChI=1S/C27H22FN3O4S/c28-21-17-20(10-8-18(21)16-27(32)33)34-12-4-13-35-25-11-9-19(26-7-3-14-36-26)15-24(25)31-29-22-5-1-2-6-23(22)30-31/h1-3,5-11,14-15,17H,4,12-13,16H2,(H,32,33). The van der Waals surface area contributed by atoms with Gasteiger partial charge in [0, 0.05) is 17.4 Å². The Bertz CT molecular complexity index is 1470. The van der Waals surface area contributed by atoms with Crippen molar-refractivity contribution >= 4 is 28.3 Å². The molecular weight excluding hydrogens is 481 g/mol. The van der Waals surface area contributed by atoms with Gasteiger partial charge in [-0.2, -0.15) is 0 Å². The van der Waals surface area contributed by atoms with Crippen LogP contribution >= 0.6 is 11.3 Å². The lowest BCUT2D eigenvalue weighted by molar-refractivity contribution is -0.136. The van der Waals surface area contributed by atoms with Crippen molar-refractivity contribution in [3.8, 4) is 27.6 Å². The molecule has 9 heteroatoms. The van der Waals surface area contributed by atoms with Gasteiger partial charge in [-0.3, -0.25) is 4.79 Å². The highest BCUT2D eigenvalue weighted by Crippen LogP contribution is 2.32. The average Bonchev–Trinajstić information content (AvgIpc) is 3.56. The van der Waals surface area contributed by atoms with Crippen molar-refractivity contribution in [1.29, 1.82) is 0 Å². The maximum Gasteiger partial charge on any atom is 0.307 e. The minimum atomic E-state index is -1.08. The van der Waals surface area contributed by atoms with Gasteiger partial charge in [0.1, 0.15) is 34.0 Å². The number of carbonyl (C=O) groups is 1. The van der Waals surface area contributed by atoms with E-state index in [1.165, 1.54) is 12.1 Å². The predicted molar refractivity (Wildman–Crippen MR) is 136 cm³/mol. The van der Waals surface area contributed by atoms with Crippen LogP contribution in [0.3, 0.4) is 0 Å². The Balaban J connectivity index is 1.27. The van der Waals surface area contributed by atoms with Crippen molar-refractivity contribution < 1.29 is 23.8 Å². The lowest BCUT2D eigenvalue weighted by Gasteiger charge is -2.13. The lowest BCUT2D eigenvalue weighted by atomic mass is 10.1. The largest absolute Gasteiger partial charge is 0.493 e. The molecule has 182 valence electrons. The fourth-order valence-corrected chi connectivity index (χ4v) is 4.44. The second-order valence-corrected chi connectivity index (χ2v) is 8.96. The Morgan fingerprint density at radius 3 is 2.42 bits per heavy atom. The molecule has 0 aliphatic rings. The van der Waals surface area contributed by atoms with Crippen LogP contribution in [0.25, 0.3) is 27.2 Å². The normalized spacial score (nSPS) is 11.0. The van der Waals surface area contributed by atoms with Crippen LogP contribution in [0.4, 0.5) is 4.39 Å². The SMILES string of the molecule is O=C(O)Cc1ccc(OCCCOc2ccc(-c3cccs3)cc2-n2nc3ccccc3n2)cc1F. The summed E-state index contributed by atoms with van der Waals surface area (Å²) < 4.78 is 25.7.